The zero-order chi connectivity index (χ0) is 15.2. The number of thioether (sulfide) groups is 1. The van der Waals surface area contributed by atoms with E-state index < -0.39 is 0 Å². The van der Waals surface area contributed by atoms with Crippen molar-refractivity contribution in [3.05, 3.63) is 53.5 Å². The third-order valence-electron chi connectivity index (χ3n) is 3.76. The second-order valence-electron chi connectivity index (χ2n) is 5.29. The molecule has 2 atom stereocenters. The summed E-state index contributed by atoms with van der Waals surface area (Å²) in [6.45, 7) is 9.62. The van der Waals surface area contributed by atoms with Gasteiger partial charge in [0.25, 0.3) is 0 Å². The van der Waals surface area contributed by atoms with Crippen molar-refractivity contribution in [2.24, 2.45) is 0 Å². The van der Waals surface area contributed by atoms with Gasteiger partial charge in [0.15, 0.2) is 0 Å². The molecule has 114 valence electrons. The second kappa shape index (κ2) is 7.71. The molecule has 0 bridgehead atoms. The summed E-state index contributed by atoms with van der Waals surface area (Å²) >= 11 is 1.87. The van der Waals surface area contributed by atoms with Crippen molar-refractivity contribution in [3.8, 4) is 0 Å². The Morgan fingerprint density at radius 2 is 1.86 bits per heavy atom. The number of benzene rings is 1. The van der Waals surface area contributed by atoms with Gasteiger partial charge in [-0.3, -0.25) is 0 Å². The Balaban J connectivity index is 2.14. The van der Waals surface area contributed by atoms with Gasteiger partial charge >= 0.3 is 0 Å². The van der Waals surface area contributed by atoms with Crippen molar-refractivity contribution < 1.29 is 4.42 Å². The van der Waals surface area contributed by atoms with Crippen molar-refractivity contribution in [1.82, 2.24) is 5.32 Å². The van der Waals surface area contributed by atoms with E-state index in [4.69, 9.17) is 4.42 Å². The molecular weight excluding hydrogens is 278 g/mol. The van der Waals surface area contributed by atoms with Crippen molar-refractivity contribution in [2.75, 3.05) is 6.54 Å². The molecule has 2 unspecified atom stereocenters. The van der Waals surface area contributed by atoms with E-state index in [0.29, 0.717) is 11.3 Å². The number of hydrogen-bond donors (Lipinski definition) is 1. The number of nitrogens with one attached hydrogen (secondary N) is 1. The number of furan rings is 1. The predicted molar refractivity (Wildman–Crippen MR) is 91.0 cm³/mol. The molecule has 1 aromatic heterocycles. The highest BCUT2D eigenvalue weighted by atomic mass is 32.2. The van der Waals surface area contributed by atoms with Crippen LogP contribution in [0.4, 0.5) is 0 Å². The molecule has 0 aliphatic carbocycles. The summed E-state index contributed by atoms with van der Waals surface area (Å²) in [5.41, 5.74) is 2.75. The lowest BCUT2D eigenvalue weighted by Gasteiger charge is -2.25. The van der Waals surface area contributed by atoms with Gasteiger partial charge in [-0.25, -0.2) is 0 Å². The highest BCUT2D eigenvalue weighted by Gasteiger charge is 2.20. The second-order valence-corrected chi connectivity index (χ2v) is 6.71. The van der Waals surface area contributed by atoms with Crippen LogP contribution in [-0.2, 0) is 6.42 Å². The average molecular weight is 303 g/mol. The van der Waals surface area contributed by atoms with E-state index in [1.54, 1.807) is 6.26 Å². The molecule has 1 aromatic carbocycles. The van der Waals surface area contributed by atoms with Crippen LogP contribution in [0.5, 0.6) is 0 Å². The molecular formula is C18H25NOS. The van der Waals surface area contributed by atoms with E-state index in [1.807, 2.05) is 18.7 Å². The minimum absolute atomic E-state index is 0.347. The summed E-state index contributed by atoms with van der Waals surface area (Å²) in [6, 6.07) is 11.4. The summed E-state index contributed by atoms with van der Waals surface area (Å²) in [5.74, 6) is 1.00. The van der Waals surface area contributed by atoms with Crippen molar-refractivity contribution >= 4 is 11.8 Å². The lowest BCUT2D eigenvalue weighted by atomic mass is 10.0. The fraction of sp³-hybridized carbons (Fsp3) is 0.444. The molecule has 0 aliphatic heterocycles. The summed E-state index contributed by atoms with van der Waals surface area (Å²) in [4.78, 5) is 1.23. The zero-order valence-electron chi connectivity index (χ0n) is 13.3. The number of aryl methyl sites for hydroxylation is 2. The summed E-state index contributed by atoms with van der Waals surface area (Å²) in [7, 11) is 0. The van der Waals surface area contributed by atoms with E-state index >= 15 is 0 Å². The summed E-state index contributed by atoms with van der Waals surface area (Å²) in [6.07, 6.45) is 2.85. The standard InChI is InChI=1S/C18H25NOS/c1-5-15-7-9-16(10-8-15)18(19-6-2)14(4)21-17-11-12-20-13(17)3/h7-12,14,18-19H,5-6H2,1-4H3. The van der Waals surface area contributed by atoms with Gasteiger partial charge in [0.05, 0.1) is 6.26 Å². The monoisotopic (exact) mass is 303 g/mol. The highest BCUT2D eigenvalue weighted by molar-refractivity contribution is 8.00. The van der Waals surface area contributed by atoms with Gasteiger partial charge in [-0.05, 0) is 37.1 Å². The van der Waals surface area contributed by atoms with Crippen LogP contribution < -0.4 is 5.32 Å². The van der Waals surface area contributed by atoms with Crippen LogP contribution in [0.1, 0.15) is 43.7 Å². The number of rotatable bonds is 7. The Morgan fingerprint density at radius 3 is 2.38 bits per heavy atom. The van der Waals surface area contributed by atoms with Gasteiger partial charge in [0, 0.05) is 16.2 Å². The van der Waals surface area contributed by atoms with E-state index in [2.05, 4.69) is 56.4 Å². The lowest BCUT2D eigenvalue weighted by molar-refractivity contribution is 0.525. The highest BCUT2D eigenvalue weighted by Crippen LogP contribution is 2.34. The van der Waals surface area contributed by atoms with E-state index in [1.165, 1.54) is 16.0 Å². The average Bonchev–Trinajstić information content (AvgIpc) is 2.90. The lowest BCUT2D eigenvalue weighted by Crippen LogP contribution is -2.28. The van der Waals surface area contributed by atoms with Crippen molar-refractivity contribution in [3.63, 3.8) is 0 Å². The van der Waals surface area contributed by atoms with Crippen LogP contribution in [0.15, 0.2) is 45.9 Å². The normalized spacial score (nSPS) is 14.1. The number of hydrogen-bond acceptors (Lipinski definition) is 3. The quantitative estimate of drug-likeness (QED) is 0.730. The maximum atomic E-state index is 5.40. The smallest absolute Gasteiger partial charge is 0.114 e. The Hall–Kier alpha value is -1.19. The first-order valence-corrected chi connectivity index (χ1v) is 8.56. The zero-order valence-corrected chi connectivity index (χ0v) is 14.2. The van der Waals surface area contributed by atoms with Gasteiger partial charge in [-0.15, -0.1) is 11.8 Å². The summed E-state index contributed by atoms with van der Waals surface area (Å²) in [5, 5.41) is 4.06. The fourth-order valence-corrected chi connectivity index (χ4v) is 3.64. The Labute approximate surface area is 132 Å². The molecule has 1 N–H and O–H groups in total. The molecule has 2 nitrogen and oxygen atoms in total. The largest absolute Gasteiger partial charge is 0.468 e. The molecule has 0 fully saturated rings. The minimum Gasteiger partial charge on any atom is -0.468 e. The Morgan fingerprint density at radius 1 is 1.14 bits per heavy atom. The van der Waals surface area contributed by atoms with Gasteiger partial charge < -0.3 is 9.73 Å². The SMILES string of the molecule is CCNC(c1ccc(CC)cc1)C(C)Sc1ccoc1C. The first-order chi connectivity index (χ1) is 10.2. The van der Waals surface area contributed by atoms with Gasteiger partial charge in [-0.2, -0.15) is 0 Å². The summed E-state index contributed by atoms with van der Waals surface area (Å²) < 4.78 is 5.40. The molecule has 0 amide bonds. The first kappa shape index (κ1) is 16.2. The van der Waals surface area contributed by atoms with Crippen LogP contribution in [-0.4, -0.2) is 11.8 Å². The molecule has 2 rings (SSSR count). The van der Waals surface area contributed by atoms with Crippen LogP contribution in [0.25, 0.3) is 0 Å². The van der Waals surface area contributed by atoms with Crippen LogP contribution >= 0.6 is 11.8 Å². The van der Waals surface area contributed by atoms with Crippen LogP contribution in [0, 0.1) is 6.92 Å². The Kier molecular flexibility index (Phi) is 5.95. The molecule has 0 aliphatic rings. The molecule has 0 spiro atoms. The van der Waals surface area contributed by atoms with Crippen LogP contribution in [0.3, 0.4) is 0 Å². The molecule has 21 heavy (non-hydrogen) atoms. The first-order valence-electron chi connectivity index (χ1n) is 7.68. The Bertz CT molecular complexity index is 547. The maximum absolute atomic E-state index is 5.40. The van der Waals surface area contributed by atoms with Crippen molar-refractivity contribution in [2.45, 2.75) is 50.3 Å². The van der Waals surface area contributed by atoms with Gasteiger partial charge in [0.2, 0.25) is 0 Å². The molecule has 3 heteroatoms. The molecule has 0 saturated heterocycles. The van der Waals surface area contributed by atoms with Gasteiger partial charge in [-0.1, -0.05) is 45.0 Å². The third kappa shape index (κ3) is 4.14. The predicted octanol–water partition coefficient (Wildman–Crippen LogP) is 4.98. The van der Waals surface area contributed by atoms with E-state index in [-0.39, 0.29) is 0 Å². The third-order valence-corrected chi connectivity index (χ3v) is 5.09. The van der Waals surface area contributed by atoms with E-state index in [9.17, 15) is 0 Å². The van der Waals surface area contributed by atoms with Crippen LogP contribution in [0.2, 0.25) is 0 Å². The van der Waals surface area contributed by atoms with Gasteiger partial charge in [0.1, 0.15) is 5.76 Å². The molecule has 0 saturated carbocycles. The van der Waals surface area contributed by atoms with E-state index in [0.717, 1.165) is 18.7 Å². The minimum atomic E-state index is 0.347. The molecule has 0 radical (unpaired) electrons. The fourth-order valence-electron chi connectivity index (χ4n) is 2.50. The van der Waals surface area contributed by atoms with Crippen molar-refractivity contribution in [1.29, 1.82) is 0 Å². The topological polar surface area (TPSA) is 25.2 Å². The molecule has 1 heterocycles. The maximum Gasteiger partial charge on any atom is 0.114 e. The molecule has 2 aromatic rings.